The number of hydrogen-bond donors (Lipinski definition) is 1. The lowest BCUT2D eigenvalue weighted by atomic mass is 9.98. The molecule has 7 nitrogen and oxygen atoms in total. The monoisotopic (exact) mass is 360 g/mol. The van der Waals surface area contributed by atoms with Gasteiger partial charge in [0.25, 0.3) is 0 Å². The Balaban J connectivity index is 1.49. The van der Waals surface area contributed by atoms with Crippen molar-refractivity contribution in [2.45, 2.75) is 32.1 Å². The average Bonchev–Trinajstić information content (AvgIpc) is 3.06. The lowest BCUT2D eigenvalue weighted by Gasteiger charge is -2.31. The summed E-state index contributed by atoms with van der Waals surface area (Å²) in [4.78, 5) is 30.3. The molecular weight excluding hydrogens is 339 g/mol. The highest BCUT2D eigenvalue weighted by Crippen LogP contribution is 2.25. The SMILES string of the molecule is Cc1noc(C2CCCN(C(=O)CNC(=O)Cc3cccc(F)c3)C2)n1. The number of carbonyl (C=O) groups is 2. The van der Waals surface area contributed by atoms with Crippen molar-refractivity contribution < 1.29 is 18.5 Å². The molecule has 1 aliphatic rings. The van der Waals surface area contributed by atoms with Crippen LogP contribution in [0.2, 0.25) is 0 Å². The number of halogens is 1. The molecule has 1 saturated heterocycles. The molecule has 1 aromatic carbocycles. The van der Waals surface area contributed by atoms with E-state index in [9.17, 15) is 14.0 Å². The minimum Gasteiger partial charge on any atom is -0.347 e. The lowest BCUT2D eigenvalue weighted by Crippen LogP contribution is -2.44. The van der Waals surface area contributed by atoms with E-state index in [1.165, 1.54) is 12.1 Å². The third kappa shape index (κ3) is 4.65. The van der Waals surface area contributed by atoms with E-state index in [1.807, 2.05) is 0 Å². The second-order valence-electron chi connectivity index (χ2n) is 6.44. The second kappa shape index (κ2) is 8.07. The van der Waals surface area contributed by atoms with Gasteiger partial charge in [0.15, 0.2) is 5.82 Å². The van der Waals surface area contributed by atoms with E-state index in [0.717, 1.165) is 12.8 Å². The van der Waals surface area contributed by atoms with E-state index in [-0.39, 0.29) is 36.5 Å². The summed E-state index contributed by atoms with van der Waals surface area (Å²) in [6, 6.07) is 5.86. The first kappa shape index (κ1) is 18.0. The highest BCUT2D eigenvalue weighted by Gasteiger charge is 2.28. The van der Waals surface area contributed by atoms with Crippen molar-refractivity contribution in [3.8, 4) is 0 Å². The van der Waals surface area contributed by atoms with Crippen molar-refractivity contribution in [3.63, 3.8) is 0 Å². The third-order valence-corrected chi connectivity index (χ3v) is 4.36. The topological polar surface area (TPSA) is 88.3 Å². The van der Waals surface area contributed by atoms with E-state index in [0.29, 0.717) is 30.4 Å². The van der Waals surface area contributed by atoms with Gasteiger partial charge >= 0.3 is 0 Å². The maximum Gasteiger partial charge on any atom is 0.241 e. The summed E-state index contributed by atoms with van der Waals surface area (Å²) in [5.74, 6) is 0.297. The average molecular weight is 360 g/mol. The lowest BCUT2D eigenvalue weighted by molar-refractivity contribution is -0.133. The molecule has 1 fully saturated rings. The summed E-state index contributed by atoms with van der Waals surface area (Å²) in [6.07, 6.45) is 1.77. The maximum atomic E-state index is 13.1. The van der Waals surface area contributed by atoms with Crippen LogP contribution in [0.1, 0.15) is 36.0 Å². The van der Waals surface area contributed by atoms with E-state index in [4.69, 9.17) is 4.52 Å². The summed E-state index contributed by atoms with van der Waals surface area (Å²) in [5.41, 5.74) is 0.569. The molecule has 0 spiro atoms. The largest absolute Gasteiger partial charge is 0.347 e. The number of rotatable bonds is 5. The van der Waals surface area contributed by atoms with Gasteiger partial charge in [0, 0.05) is 13.1 Å². The Morgan fingerprint density at radius 1 is 1.42 bits per heavy atom. The Kier molecular flexibility index (Phi) is 5.60. The van der Waals surface area contributed by atoms with E-state index in [1.54, 1.807) is 24.0 Å². The van der Waals surface area contributed by atoms with Gasteiger partial charge in [-0.25, -0.2) is 4.39 Å². The Hall–Kier alpha value is -2.77. The van der Waals surface area contributed by atoms with Crippen LogP contribution in [0.3, 0.4) is 0 Å². The summed E-state index contributed by atoms with van der Waals surface area (Å²) in [5, 5.41) is 6.40. The van der Waals surface area contributed by atoms with Gasteiger partial charge in [-0.1, -0.05) is 17.3 Å². The molecular formula is C18H21FN4O3. The van der Waals surface area contributed by atoms with Crippen LogP contribution in [0, 0.1) is 12.7 Å². The van der Waals surface area contributed by atoms with Crippen LogP contribution in [0.4, 0.5) is 4.39 Å². The van der Waals surface area contributed by atoms with Crippen molar-refractivity contribution in [3.05, 3.63) is 47.4 Å². The summed E-state index contributed by atoms with van der Waals surface area (Å²) in [6.45, 7) is 2.82. The Bertz CT molecular complexity index is 792. The Morgan fingerprint density at radius 3 is 3.00 bits per heavy atom. The van der Waals surface area contributed by atoms with Crippen molar-refractivity contribution >= 4 is 11.8 Å². The smallest absolute Gasteiger partial charge is 0.241 e. The highest BCUT2D eigenvalue weighted by atomic mass is 19.1. The quantitative estimate of drug-likeness (QED) is 0.875. The van der Waals surface area contributed by atoms with E-state index >= 15 is 0 Å². The number of likely N-dealkylation sites (tertiary alicyclic amines) is 1. The standard InChI is InChI=1S/C18H21FN4O3/c1-12-21-18(26-22-12)14-5-3-7-23(11-14)17(25)10-20-16(24)9-13-4-2-6-15(19)8-13/h2,4,6,8,14H,3,5,7,9-11H2,1H3,(H,20,24). The first-order valence-electron chi connectivity index (χ1n) is 8.60. The van der Waals surface area contributed by atoms with Gasteiger partial charge in [-0.2, -0.15) is 4.98 Å². The summed E-state index contributed by atoms with van der Waals surface area (Å²) >= 11 is 0. The predicted molar refractivity (Wildman–Crippen MR) is 90.7 cm³/mol. The molecule has 1 aliphatic heterocycles. The first-order valence-corrected chi connectivity index (χ1v) is 8.60. The molecule has 0 radical (unpaired) electrons. The molecule has 1 N–H and O–H groups in total. The van der Waals surface area contributed by atoms with Gasteiger partial charge in [-0.05, 0) is 37.5 Å². The minimum absolute atomic E-state index is 0.0249. The number of nitrogens with zero attached hydrogens (tertiary/aromatic N) is 3. The molecule has 0 aliphatic carbocycles. The number of aryl methyl sites for hydroxylation is 1. The zero-order valence-electron chi connectivity index (χ0n) is 14.6. The molecule has 1 aromatic heterocycles. The third-order valence-electron chi connectivity index (χ3n) is 4.36. The van der Waals surface area contributed by atoms with Gasteiger partial charge in [-0.3, -0.25) is 9.59 Å². The van der Waals surface area contributed by atoms with Crippen molar-refractivity contribution in [2.24, 2.45) is 0 Å². The normalized spacial score (nSPS) is 17.2. The van der Waals surface area contributed by atoms with E-state index < -0.39 is 0 Å². The summed E-state index contributed by atoms with van der Waals surface area (Å²) < 4.78 is 18.3. The Morgan fingerprint density at radius 2 is 2.27 bits per heavy atom. The molecule has 0 saturated carbocycles. The molecule has 2 heterocycles. The second-order valence-corrected chi connectivity index (χ2v) is 6.44. The van der Waals surface area contributed by atoms with Crippen LogP contribution < -0.4 is 5.32 Å². The number of piperidine rings is 1. The molecule has 26 heavy (non-hydrogen) atoms. The van der Waals surface area contributed by atoms with E-state index in [2.05, 4.69) is 15.5 Å². The molecule has 1 atom stereocenters. The minimum atomic E-state index is -0.387. The molecule has 8 heteroatoms. The number of hydrogen-bond acceptors (Lipinski definition) is 5. The predicted octanol–water partition coefficient (Wildman–Crippen LogP) is 1.58. The fourth-order valence-electron chi connectivity index (χ4n) is 3.07. The fourth-order valence-corrected chi connectivity index (χ4v) is 3.07. The molecule has 1 unspecified atom stereocenters. The van der Waals surface area contributed by atoms with Crippen LogP contribution >= 0.6 is 0 Å². The maximum absolute atomic E-state index is 13.1. The van der Waals surface area contributed by atoms with Crippen LogP contribution in [0.5, 0.6) is 0 Å². The van der Waals surface area contributed by atoms with Crippen LogP contribution in [-0.4, -0.2) is 46.5 Å². The van der Waals surface area contributed by atoms with Gasteiger partial charge < -0.3 is 14.7 Å². The molecule has 0 bridgehead atoms. The van der Waals surface area contributed by atoms with Crippen LogP contribution in [0.25, 0.3) is 0 Å². The van der Waals surface area contributed by atoms with Crippen LogP contribution in [0.15, 0.2) is 28.8 Å². The molecule has 138 valence electrons. The Labute approximate surface area is 150 Å². The van der Waals surface area contributed by atoms with Crippen molar-refractivity contribution in [1.29, 1.82) is 0 Å². The summed E-state index contributed by atoms with van der Waals surface area (Å²) in [7, 11) is 0. The van der Waals surface area contributed by atoms with Gasteiger partial charge in [-0.15, -0.1) is 0 Å². The number of aromatic nitrogens is 2. The number of nitrogens with one attached hydrogen (secondary N) is 1. The van der Waals surface area contributed by atoms with Crippen molar-refractivity contribution in [1.82, 2.24) is 20.4 Å². The fraction of sp³-hybridized carbons (Fsp3) is 0.444. The van der Waals surface area contributed by atoms with Crippen LogP contribution in [-0.2, 0) is 16.0 Å². The van der Waals surface area contributed by atoms with Crippen molar-refractivity contribution in [2.75, 3.05) is 19.6 Å². The van der Waals surface area contributed by atoms with Gasteiger partial charge in [0.05, 0.1) is 18.9 Å². The first-order chi connectivity index (χ1) is 12.5. The zero-order chi connectivity index (χ0) is 18.5. The van der Waals surface area contributed by atoms with Gasteiger partial charge in [0.1, 0.15) is 5.82 Å². The number of amides is 2. The molecule has 3 rings (SSSR count). The van der Waals surface area contributed by atoms with Gasteiger partial charge in [0.2, 0.25) is 17.7 Å². The highest BCUT2D eigenvalue weighted by molar-refractivity contribution is 5.85. The number of benzene rings is 1. The number of carbonyl (C=O) groups excluding carboxylic acids is 2. The molecule has 2 aromatic rings. The zero-order valence-corrected chi connectivity index (χ0v) is 14.6. The molecule has 2 amide bonds.